The van der Waals surface area contributed by atoms with Gasteiger partial charge in [-0.1, -0.05) is 17.9 Å². The van der Waals surface area contributed by atoms with Gasteiger partial charge in [-0.2, -0.15) is 13.1 Å². The number of nitrogen functional groups attached to an aromatic ring is 1. The van der Waals surface area contributed by atoms with Gasteiger partial charge in [0, 0.05) is 12.7 Å². The van der Waals surface area contributed by atoms with Gasteiger partial charge in [0.05, 0.1) is 16.5 Å². The highest BCUT2D eigenvalue weighted by atomic mass is 32.2. The minimum atomic E-state index is -4.33. The Labute approximate surface area is 246 Å². The summed E-state index contributed by atoms with van der Waals surface area (Å²) in [6.45, 7) is 7.87. The molecule has 0 bridgehead atoms. The van der Waals surface area contributed by atoms with Crippen molar-refractivity contribution in [2.45, 2.75) is 70.5 Å². The van der Waals surface area contributed by atoms with Crippen molar-refractivity contribution in [3.63, 3.8) is 0 Å². The monoisotopic (exact) mass is 620 g/mol. The summed E-state index contributed by atoms with van der Waals surface area (Å²) in [5.41, 5.74) is 5.37. The van der Waals surface area contributed by atoms with Crippen LogP contribution in [0, 0.1) is 23.5 Å². The van der Waals surface area contributed by atoms with Crippen LogP contribution in [-0.4, -0.2) is 65.3 Å². The molecule has 0 spiro atoms. The van der Waals surface area contributed by atoms with E-state index in [-0.39, 0.29) is 23.6 Å². The largest absolute Gasteiger partial charge is 0.443 e. The van der Waals surface area contributed by atoms with Gasteiger partial charge in [-0.05, 0) is 46.8 Å². The fraction of sp³-hybridized carbons (Fsp3) is 0.444. The number of anilines is 1. The molecule has 13 nitrogen and oxygen atoms in total. The summed E-state index contributed by atoms with van der Waals surface area (Å²) >= 11 is 0. The van der Waals surface area contributed by atoms with Crippen LogP contribution >= 0.6 is 0 Å². The van der Waals surface area contributed by atoms with Crippen molar-refractivity contribution in [1.29, 1.82) is 0 Å². The van der Waals surface area contributed by atoms with E-state index in [0.717, 1.165) is 12.1 Å². The molecule has 4 heterocycles. The van der Waals surface area contributed by atoms with Gasteiger partial charge >= 0.3 is 16.3 Å². The van der Waals surface area contributed by atoms with Gasteiger partial charge in [0.2, 0.25) is 0 Å². The van der Waals surface area contributed by atoms with Crippen LogP contribution in [0.2, 0.25) is 0 Å². The Morgan fingerprint density at radius 2 is 1.84 bits per heavy atom. The van der Waals surface area contributed by atoms with Crippen LogP contribution in [0.4, 0.5) is 19.4 Å². The van der Waals surface area contributed by atoms with Crippen molar-refractivity contribution in [3.05, 3.63) is 53.5 Å². The van der Waals surface area contributed by atoms with E-state index in [4.69, 9.17) is 24.7 Å². The molecular weight excluding hydrogens is 590 g/mol. The molecular formula is C27H30F2N6O7S. The molecule has 1 aromatic carbocycles. The number of halogens is 2. The smallest absolute Gasteiger partial charge is 0.422 e. The molecule has 0 aliphatic carbocycles. The van der Waals surface area contributed by atoms with Crippen LogP contribution in [0.15, 0.2) is 30.7 Å². The number of aromatic nitrogens is 3. The van der Waals surface area contributed by atoms with Crippen LogP contribution in [-0.2, 0) is 29.2 Å². The van der Waals surface area contributed by atoms with Crippen molar-refractivity contribution < 1.29 is 40.9 Å². The summed E-state index contributed by atoms with van der Waals surface area (Å²) in [4.78, 5) is 20.4. The van der Waals surface area contributed by atoms with Gasteiger partial charge in [-0.15, -0.1) is 0 Å². The van der Waals surface area contributed by atoms with E-state index in [0.29, 0.717) is 5.39 Å². The lowest BCUT2D eigenvalue weighted by Crippen LogP contribution is -2.47. The number of amides is 1. The number of ether oxygens (including phenoxy) is 4. The van der Waals surface area contributed by atoms with Crippen molar-refractivity contribution in [2.75, 3.05) is 12.3 Å². The van der Waals surface area contributed by atoms with E-state index in [1.165, 1.54) is 18.6 Å². The standard InChI is InChI=1S/C27H30F2N6O7S/c1-26(2,3)42-25(36)34-43(37,38)33-11-18-20-21(41-27(4,5)40-20)24(39-18)35-12-14(19-22(30)31-13-32-23(19)35)9-10-15-16(28)7-6-8-17(15)29/h6-8,12-13,18,20-21,24,33H,11H2,1-5H3,(H,34,36)(H2,30,31,32)/t18-,20-,21-,24-/m1/s1. The molecule has 4 N–H and O–H groups in total. The number of fused-ring (bicyclic) bond motifs is 2. The summed E-state index contributed by atoms with van der Waals surface area (Å²) < 4.78 is 82.6. The van der Waals surface area contributed by atoms with Crippen LogP contribution < -0.4 is 15.2 Å². The third kappa shape index (κ3) is 6.55. The predicted octanol–water partition coefficient (Wildman–Crippen LogP) is 2.47. The molecule has 16 heteroatoms. The lowest BCUT2D eigenvalue weighted by molar-refractivity contribution is -0.195. The van der Waals surface area contributed by atoms with Gasteiger partial charge < -0.3 is 29.2 Å². The fourth-order valence-corrected chi connectivity index (χ4v) is 5.55. The number of hydrogen-bond donors (Lipinski definition) is 3. The van der Waals surface area contributed by atoms with E-state index in [9.17, 15) is 22.0 Å². The Morgan fingerprint density at radius 3 is 2.51 bits per heavy atom. The third-order valence-electron chi connectivity index (χ3n) is 6.41. The van der Waals surface area contributed by atoms with E-state index in [2.05, 4.69) is 26.5 Å². The quantitative estimate of drug-likeness (QED) is 0.360. The highest BCUT2D eigenvalue weighted by molar-refractivity contribution is 7.88. The maximum atomic E-state index is 14.2. The first kappa shape index (κ1) is 30.6. The van der Waals surface area contributed by atoms with Crippen LogP contribution in [0.3, 0.4) is 0 Å². The average Bonchev–Trinajstić information content (AvgIpc) is 3.50. The Morgan fingerprint density at radius 1 is 1.16 bits per heavy atom. The van der Waals surface area contributed by atoms with Crippen molar-refractivity contribution in [2.24, 2.45) is 0 Å². The molecule has 4 atom stereocenters. The summed E-state index contributed by atoms with van der Waals surface area (Å²) in [6, 6.07) is 3.42. The molecule has 2 aromatic heterocycles. The van der Waals surface area contributed by atoms with Crippen LogP contribution in [0.5, 0.6) is 0 Å². The average molecular weight is 621 g/mol. The summed E-state index contributed by atoms with van der Waals surface area (Å²) in [7, 11) is -4.33. The highest BCUT2D eigenvalue weighted by Crippen LogP contribution is 2.44. The Balaban J connectivity index is 1.45. The van der Waals surface area contributed by atoms with Gasteiger partial charge in [-0.3, -0.25) is 0 Å². The van der Waals surface area contributed by atoms with Crippen molar-refractivity contribution in [3.8, 4) is 11.8 Å². The van der Waals surface area contributed by atoms with E-state index in [1.54, 1.807) is 43.9 Å². The number of carbonyl (C=O) groups is 1. The fourth-order valence-electron chi connectivity index (χ4n) is 4.83. The summed E-state index contributed by atoms with van der Waals surface area (Å²) in [6.07, 6.45) is -1.68. The van der Waals surface area contributed by atoms with Crippen molar-refractivity contribution in [1.82, 2.24) is 24.0 Å². The molecule has 3 aromatic rings. The number of benzene rings is 1. The Kier molecular flexibility index (Phi) is 7.82. The lowest BCUT2D eigenvalue weighted by atomic mass is 10.1. The minimum Gasteiger partial charge on any atom is -0.443 e. The van der Waals surface area contributed by atoms with E-state index in [1.807, 2.05) is 0 Å². The third-order valence-corrected chi connectivity index (χ3v) is 7.40. The van der Waals surface area contributed by atoms with Gasteiger partial charge in [0.15, 0.2) is 12.0 Å². The number of hydrogen-bond acceptors (Lipinski definition) is 10. The van der Waals surface area contributed by atoms with Crippen LogP contribution in [0.25, 0.3) is 11.0 Å². The Bertz CT molecular complexity index is 1730. The molecule has 2 aliphatic heterocycles. The molecule has 0 radical (unpaired) electrons. The molecule has 2 saturated heterocycles. The number of carbonyl (C=O) groups excluding carboxylic acids is 1. The van der Waals surface area contributed by atoms with Crippen LogP contribution in [0.1, 0.15) is 52.0 Å². The Hall–Kier alpha value is -3.88. The number of nitrogens with two attached hydrogens (primary N) is 1. The molecule has 5 rings (SSSR count). The number of rotatable bonds is 5. The van der Waals surface area contributed by atoms with Gasteiger partial charge in [0.1, 0.15) is 53.3 Å². The molecule has 0 saturated carbocycles. The highest BCUT2D eigenvalue weighted by Gasteiger charge is 2.56. The first-order valence-electron chi connectivity index (χ1n) is 13.1. The molecule has 1 amide bonds. The number of nitrogens with zero attached hydrogens (tertiary/aromatic N) is 3. The zero-order valence-electron chi connectivity index (χ0n) is 23.8. The molecule has 2 fully saturated rings. The van der Waals surface area contributed by atoms with E-state index >= 15 is 0 Å². The summed E-state index contributed by atoms with van der Waals surface area (Å²) in [5.74, 6) is 2.63. The van der Waals surface area contributed by atoms with Gasteiger partial charge in [-0.25, -0.2) is 28.3 Å². The molecule has 43 heavy (non-hydrogen) atoms. The first-order valence-corrected chi connectivity index (χ1v) is 14.6. The summed E-state index contributed by atoms with van der Waals surface area (Å²) in [5, 5.41) is 0.316. The molecule has 2 aliphatic rings. The second-order valence-corrected chi connectivity index (χ2v) is 12.8. The predicted molar refractivity (Wildman–Crippen MR) is 148 cm³/mol. The zero-order chi connectivity index (χ0) is 31.3. The maximum absolute atomic E-state index is 14.2. The number of nitrogens with one attached hydrogen (secondary N) is 2. The van der Waals surface area contributed by atoms with Crippen molar-refractivity contribution >= 4 is 33.2 Å². The lowest BCUT2D eigenvalue weighted by Gasteiger charge is -2.25. The molecule has 230 valence electrons. The minimum absolute atomic E-state index is 0.0676. The van der Waals surface area contributed by atoms with Gasteiger partial charge in [0.25, 0.3) is 0 Å². The SMILES string of the molecule is CC(C)(C)OC(=O)NS(=O)(=O)NC[C@H]1O[C@@H](n2cc(C#Cc3c(F)cccc3F)c3c(N)ncnc32)[C@@H]2OC(C)(C)O[C@@H]21. The van der Waals surface area contributed by atoms with E-state index < -0.39 is 69.4 Å². The second-order valence-electron chi connectivity index (χ2n) is 11.3. The zero-order valence-corrected chi connectivity index (χ0v) is 24.7. The topological polar surface area (TPSA) is 169 Å². The first-order chi connectivity index (χ1) is 20.0. The molecule has 0 unspecified atom stereocenters. The normalized spacial score (nSPS) is 23.0. The second kappa shape index (κ2) is 11.0. The maximum Gasteiger partial charge on any atom is 0.422 e.